The second-order valence-electron chi connectivity index (χ2n) is 6.91. The Kier molecular flexibility index (Phi) is 6.18. The SMILES string of the molecule is C[C@@H]1N[C@H](C(=O)NCc2cc(-c3cnc(C(F)(F)F)[n+](C)c3)ncc2Br)C[C@H]1F. The van der Waals surface area contributed by atoms with Crippen molar-refractivity contribution in [3.05, 3.63) is 40.5 Å². The highest BCUT2D eigenvalue weighted by Crippen LogP contribution is 2.27. The van der Waals surface area contributed by atoms with Crippen molar-refractivity contribution in [3.63, 3.8) is 0 Å². The summed E-state index contributed by atoms with van der Waals surface area (Å²) in [7, 11) is 1.26. The van der Waals surface area contributed by atoms with E-state index in [9.17, 15) is 22.4 Å². The van der Waals surface area contributed by atoms with Crippen LogP contribution in [-0.4, -0.2) is 34.1 Å². The summed E-state index contributed by atoms with van der Waals surface area (Å²) in [6.07, 6.45) is -1.62. The average Bonchev–Trinajstić information content (AvgIpc) is 2.98. The number of carbonyl (C=O) groups excluding carboxylic acids is 1. The molecule has 3 heterocycles. The van der Waals surface area contributed by atoms with Crippen LogP contribution in [0.3, 0.4) is 0 Å². The summed E-state index contributed by atoms with van der Waals surface area (Å²) in [4.78, 5) is 20.0. The molecule has 11 heteroatoms. The number of carbonyl (C=O) groups is 1. The van der Waals surface area contributed by atoms with Crippen LogP contribution in [0.25, 0.3) is 11.3 Å². The van der Waals surface area contributed by atoms with Gasteiger partial charge in [-0.3, -0.25) is 9.78 Å². The minimum absolute atomic E-state index is 0.115. The third-order valence-electron chi connectivity index (χ3n) is 4.71. The number of rotatable bonds is 4. The third-order valence-corrected chi connectivity index (χ3v) is 5.43. The maximum Gasteiger partial charge on any atom is 0.499 e. The van der Waals surface area contributed by atoms with Crippen LogP contribution in [0.2, 0.25) is 0 Å². The molecule has 1 aliphatic rings. The predicted molar refractivity (Wildman–Crippen MR) is 99.1 cm³/mol. The van der Waals surface area contributed by atoms with Gasteiger partial charge < -0.3 is 10.6 Å². The number of hydrogen-bond acceptors (Lipinski definition) is 4. The molecule has 1 saturated heterocycles. The highest BCUT2D eigenvalue weighted by Gasteiger charge is 2.43. The van der Waals surface area contributed by atoms with Gasteiger partial charge in [-0.25, -0.2) is 8.96 Å². The van der Waals surface area contributed by atoms with E-state index < -0.39 is 24.2 Å². The first kappa shape index (κ1) is 21.6. The molecule has 0 bridgehead atoms. The van der Waals surface area contributed by atoms with Crippen LogP contribution >= 0.6 is 15.9 Å². The normalized spacial score (nSPS) is 22.0. The van der Waals surface area contributed by atoms with Gasteiger partial charge in [0.2, 0.25) is 5.91 Å². The van der Waals surface area contributed by atoms with E-state index in [2.05, 4.69) is 36.5 Å². The van der Waals surface area contributed by atoms with Crippen LogP contribution in [0.15, 0.2) is 29.1 Å². The molecule has 0 spiro atoms. The van der Waals surface area contributed by atoms with Gasteiger partial charge in [0.15, 0.2) is 6.20 Å². The van der Waals surface area contributed by atoms with Crippen molar-refractivity contribution < 1.29 is 26.9 Å². The summed E-state index contributed by atoms with van der Waals surface area (Å²) in [5.74, 6) is -1.33. The highest BCUT2D eigenvalue weighted by molar-refractivity contribution is 9.10. The number of amides is 1. The molecule has 6 nitrogen and oxygen atoms in total. The zero-order valence-electron chi connectivity index (χ0n) is 15.6. The molecule has 2 aromatic heterocycles. The Morgan fingerprint density at radius 2 is 2.10 bits per heavy atom. The second-order valence-corrected chi connectivity index (χ2v) is 7.77. The lowest BCUT2D eigenvalue weighted by atomic mass is 10.1. The van der Waals surface area contributed by atoms with Crippen molar-refractivity contribution in [1.29, 1.82) is 0 Å². The fourth-order valence-corrected chi connectivity index (χ4v) is 3.47. The predicted octanol–water partition coefficient (Wildman–Crippen LogP) is 2.45. The van der Waals surface area contributed by atoms with Crippen molar-refractivity contribution in [1.82, 2.24) is 20.6 Å². The van der Waals surface area contributed by atoms with E-state index in [1.54, 1.807) is 13.0 Å². The third kappa shape index (κ3) is 4.89. The Hall–Kier alpha value is -2.14. The first-order valence-corrected chi connectivity index (χ1v) is 9.61. The van der Waals surface area contributed by atoms with E-state index in [0.717, 1.165) is 10.8 Å². The van der Waals surface area contributed by atoms with E-state index >= 15 is 0 Å². The second kappa shape index (κ2) is 8.31. The monoisotopic (exact) mass is 476 g/mol. The fourth-order valence-electron chi connectivity index (χ4n) is 3.11. The summed E-state index contributed by atoms with van der Waals surface area (Å²) in [5.41, 5.74) is 1.48. The number of nitrogens with zero attached hydrogens (tertiary/aromatic N) is 3. The number of halogens is 5. The van der Waals surface area contributed by atoms with Crippen LogP contribution in [-0.2, 0) is 24.6 Å². The molecule has 1 aliphatic heterocycles. The van der Waals surface area contributed by atoms with Crippen LogP contribution in [0.1, 0.15) is 24.7 Å². The van der Waals surface area contributed by atoms with Gasteiger partial charge in [0, 0.05) is 29.7 Å². The van der Waals surface area contributed by atoms with E-state index in [1.165, 1.54) is 19.4 Å². The molecule has 0 saturated carbocycles. The number of nitrogens with one attached hydrogen (secondary N) is 2. The van der Waals surface area contributed by atoms with E-state index in [1.807, 2.05) is 0 Å². The molecule has 0 radical (unpaired) electrons. The standard InChI is InChI=1S/C18H18BrF4N5O/c1-9-13(20)4-15(27-9)16(29)25-5-10-3-14(24-7-12(10)19)11-6-26-17(18(21,22)23)28(2)8-11/h3,6-9,13,15,27H,4-5H2,1-2H3/p+1/t9-,13+,15-/m0/s1. The Labute approximate surface area is 172 Å². The van der Waals surface area contributed by atoms with Crippen molar-refractivity contribution in [2.24, 2.45) is 7.05 Å². The molecule has 29 heavy (non-hydrogen) atoms. The average molecular weight is 477 g/mol. The molecule has 156 valence electrons. The van der Waals surface area contributed by atoms with Crippen molar-refractivity contribution >= 4 is 21.8 Å². The Morgan fingerprint density at radius 3 is 2.69 bits per heavy atom. The number of aromatic nitrogens is 3. The van der Waals surface area contributed by atoms with Gasteiger partial charge in [0.1, 0.15) is 12.4 Å². The first-order chi connectivity index (χ1) is 13.6. The first-order valence-electron chi connectivity index (χ1n) is 8.81. The van der Waals surface area contributed by atoms with Gasteiger partial charge in [0.05, 0.1) is 24.3 Å². The summed E-state index contributed by atoms with van der Waals surface area (Å²) >= 11 is 3.35. The molecule has 2 aromatic rings. The Bertz CT molecular complexity index is 914. The quantitative estimate of drug-likeness (QED) is 0.525. The molecular weight excluding hydrogens is 458 g/mol. The lowest BCUT2D eigenvalue weighted by Gasteiger charge is -2.13. The zero-order valence-corrected chi connectivity index (χ0v) is 17.2. The van der Waals surface area contributed by atoms with Gasteiger partial charge in [0.25, 0.3) is 0 Å². The maximum atomic E-state index is 13.6. The smallest absolute Gasteiger partial charge is 0.351 e. The van der Waals surface area contributed by atoms with Gasteiger partial charge >= 0.3 is 12.0 Å². The lowest BCUT2D eigenvalue weighted by molar-refractivity contribution is -0.694. The molecule has 0 unspecified atom stereocenters. The van der Waals surface area contributed by atoms with Crippen LogP contribution in [0.4, 0.5) is 17.6 Å². The Morgan fingerprint density at radius 1 is 1.38 bits per heavy atom. The number of pyridine rings is 1. The number of hydrogen-bond donors (Lipinski definition) is 2. The molecule has 2 N–H and O–H groups in total. The molecule has 3 atom stereocenters. The highest BCUT2D eigenvalue weighted by atomic mass is 79.9. The van der Waals surface area contributed by atoms with Gasteiger partial charge in [-0.2, -0.15) is 13.2 Å². The largest absolute Gasteiger partial charge is 0.499 e. The summed E-state index contributed by atoms with van der Waals surface area (Å²) < 4.78 is 53.7. The summed E-state index contributed by atoms with van der Waals surface area (Å²) in [6.45, 7) is 1.83. The van der Waals surface area contributed by atoms with Crippen molar-refractivity contribution in [2.75, 3.05) is 0 Å². The zero-order chi connectivity index (χ0) is 21.3. The molecule has 1 amide bonds. The number of alkyl halides is 4. The molecule has 0 aliphatic carbocycles. The van der Waals surface area contributed by atoms with E-state index in [4.69, 9.17) is 0 Å². The van der Waals surface area contributed by atoms with Crippen molar-refractivity contribution in [3.8, 4) is 11.3 Å². The minimum Gasteiger partial charge on any atom is -0.351 e. The van der Waals surface area contributed by atoms with E-state index in [0.29, 0.717) is 21.3 Å². The number of aryl methyl sites for hydroxylation is 1. The summed E-state index contributed by atoms with van der Waals surface area (Å²) in [5, 5.41) is 5.65. The molecule has 1 fully saturated rings. The van der Waals surface area contributed by atoms with Crippen molar-refractivity contribution in [2.45, 2.75) is 44.3 Å². The van der Waals surface area contributed by atoms with Crippen LogP contribution in [0, 0.1) is 0 Å². The van der Waals surface area contributed by atoms with Gasteiger partial charge in [-0.05, 0) is 39.5 Å². The lowest BCUT2D eigenvalue weighted by Crippen LogP contribution is -2.42. The fraction of sp³-hybridized carbons (Fsp3) is 0.444. The van der Waals surface area contributed by atoms with E-state index in [-0.39, 0.29) is 24.9 Å². The summed E-state index contributed by atoms with van der Waals surface area (Å²) in [6, 6.07) is 0.674. The minimum atomic E-state index is -4.56. The van der Waals surface area contributed by atoms with Gasteiger partial charge in [-0.15, -0.1) is 0 Å². The maximum absolute atomic E-state index is 13.6. The molecule has 0 aromatic carbocycles. The van der Waals surface area contributed by atoms with Gasteiger partial charge in [-0.1, -0.05) is 0 Å². The topological polar surface area (TPSA) is 70.8 Å². The Balaban J connectivity index is 1.75. The molecular formula is C18H19BrF4N5O+. The molecule has 3 rings (SSSR count). The van der Waals surface area contributed by atoms with Crippen LogP contribution < -0.4 is 15.2 Å². The van der Waals surface area contributed by atoms with Crippen LogP contribution in [0.5, 0.6) is 0 Å².